The number of hydrogen-bond donors (Lipinski definition) is 0. The third-order valence-electron chi connectivity index (χ3n) is 11.9. The molecule has 1 unspecified atom stereocenters. The lowest BCUT2D eigenvalue weighted by Crippen LogP contribution is -2.64. The van der Waals surface area contributed by atoms with Crippen LogP contribution in [-0.2, 0) is 5.41 Å². The number of piperidine rings is 3. The molecule has 234 valence electrons. The van der Waals surface area contributed by atoms with Crippen molar-refractivity contribution >= 4 is 29.1 Å². The van der Waals surface area contributed by atoms with E-state index in [1.165, 1.54) is 81.0 Å². The number of ether oxygens (including phenoxy) is 3. The number of carbonyl (C=O) groups excluding carboxylic acids is 1. The molecule has 4 saturated heterocycles. The Morgan fingerprint density at radius 3 is 2.12 bits per heavy atom. The third kappa shape index (κ3) is 5.73. The molecule has 7 rings (SSSR count). The van der Waals surface area contributed by atoms with Gasteiger partial charge in [-0.15, -0.1) is 0 Å². The lowest BCUT2D eigenvalue weighted by atomic mass is 9.59. The largest absolute Gasteiger partial charge is 0.493 e. The van der Waals surface area contributed by atoms with Gasteiger partial charge < -0.3 is 23.6 Å². The van der Waals surface area contributed by atoms with Crippen LogP contribution in [0.3, 0.4) is 0 Å². The van der Waals surface area contributed by atoms with Crippen LogP contribution >= 0.6 is 23.2 Å². The highest BCUT2D eigenvalue weighted by molar-refractivity contribution is 6.42. The van der Waals surface area contributed by atoms with Crippen molar-refractivity contribution in [3.8, 4) is 17.2 Å². The van der Waals surface area contributed by atoms with Gasteiger partial charge in [0.25, 0.3) is 5.91 Å². The van der Waals surface area contributed by atoms with Gasteiger partial charge in [0.15, 0.2) is 11.5 Å². The van der Waals surface area contributed by atoms with Crippen molar-refractivity contribution in [2.24, 2.45) is 11.3 Å². The fourth-order valence-electron chi connectivity index (χ4n) is 9.05. The number of benzene rings is 2. The number of fused-ring (bicyclic) bond motifs is 3. The molecule has 8 heteroatoms. The number of halogens is 2. The number of nitrogens with zero attached hydrogens (tertiary/aromatic N) is 2. The van der Waals surface area contributed by atoms with E-state index in [-0.39, 0.29) is 11.3 Å². The summed E-state index contributed by atoms with van der Waals surface area (Å²) >= 11 is 13.0. The van der Waals surface area contributed by atoms with E-state index in [1.807, 2.05) is 17.0 Å². The molecule has 1 saturated carbocycles. The highest BCUT2D eigenvalue weighted by Crippen LogP contribution is 2.54. The second kappa shape index (κ2) is 12.3. The normalized spacial score (nSPS) is 29.1. The summed E-state index contributed by atoms with van der Waals surface area (Å²) in [4.78, 5) is 16.0. The van der Waals surface area contributed by atoms with Gasteiger partial charge in [0.05, 0.1) is 57.6 Å². The molecule has 4 heterocycles. The van der Waals surface area contributed by atoms with E-state index >= 15 is 0 Å². The summed E-state index contributed by atoms with van der Waals surface area (Å²) in [5.41, 5.74) is 2.16. The maximum Gasteiger partial charge on any atom is 0.254 e. The van der Waals surface area contributed by atoms with Crippen molar-refractivity contribution < 1.29 is 23.5 Å². The second-order valence-corrected chi connectivity index (χ2v) is 14.5. The number of carbonyl (C=O) groups is 1. The van der Waals surface area contributed by atoms with Crippen LogP contribution in [0.4, 0.5) is 0 Å². The van der Waals surface area contributed by atoms with Gasteiger partial charge in [0, 0.05) is 49.8 Å². The fraction of sp³-hybridized carbons (Fsp3) is 0.629. The number of rotatable bonds is 9. The molecule has 5 aliphatic rings. The molecule has 1 atom stereocenters. The van der Waals surface area contributed by atoms with E-state index in [2.05, 4.69) is 6.07 Å². The van der Waals surface area contributed by atoms with Gasteiger partial charge in [-0.2, -0.15) is 0 Å². The Labute approximate surface area is 267 Å². The highest BCUT2D eigenvalue weighted by atomic mass is 35.5. The summed E-state index contributed by atoms with van der Waals surface area (Å²) in [7, 11) is 4.72. The summed E-state index contributed by atoms with van der Waals surface area (Å²) in [5.74, 6) is 2.38. The first-order valence-electron chi connectivity index (χ1n) is 16.2. The zero-order valence-corrected chi connectivity index (χ0v) is 27.6. The molecule has 4 aliphatic heterocycles. The summed E-state index contributed by atoms with van der Waals surface area (Å²) in [6.07, 6.45) is 13.3. The maximum atomic E-state index is 14.0. The average molecular weight is 631 g/mol. The van der Waals surface area contributed by atoms with E-state index in [9.17, 15) is 4.79 Å². The molecule has 2 bridgehead atoms. The lowest BCUT2D eigenvalue weighted by molar-refractivity contribution is -0.946. The predicted octanol–water partition coefficient (Wildman–Crippen LogP) is 7.77. The van der Waals surface area contributed by atoms with Gasteiger partial charge in [-0.05, 0) is 60.4 Å². The first-order valence-corrected chi connectivity index (χ1v) is 16.9. The number of likely N-dealkylation sites (tertiary alicyclic amines) is 1. The van der Waals surface area contributed by atoms with Crippen LogP contribution in [0.25, 0.3) is 0 Å². The molecule has 0 spiro atoms. The van der Waals surface area contributed by atoms with Crippen molar-refractivity contribution in [3.63, 3.8) is 0 Å². The van der Waals surface area contributed by atoms with Gasteiger partial charge in [-0.25, -0.2) is 0 Å². The van der Waals surface area contributed by atoms with Crippen LogP contribution in [0.1, 0.15) is 80.1 Å². The third-order valence-corrected chi connectivity index (χ3v) is 12.6. The van der Waals surface area contributed by atoms with Crippen LogP contribution < -0.4 is 14.2 Å². The highest BCUT2D eigenvalue weighted by Gasteiger charge is 2.53. The van der Waals surface area contributed by atoms with Gasteiger partial charge >= 0.3 is 0 Å². The molecule has 43 heavy (non-hydrogen) atoms. The van der Waals surface area contributed by atoms with Crippen LogP contribution in [-0.4, -0.2) is 75.9 Å². The minimum absolute atomic E-state index is 0.0264. The molecule has 0 aromatic heterocycles. The van der Waals surface area contributed by atoms with Gasteiger partial charge in [-0.3, -0.25) is 4.79 Å². The smallest absolute Gasteiger partial charge is 0.254 e. The van der Waals surface area contributed by atoms with Crippen molar-refractivity contribution in [2.75, 3.05) is 60.6 Å². The van der Waals surface area contributed by atoms with Crippen molar-refractivity contribution in [1.29, 1.82) is 0 Å². The van der Waals surface area contributed by atoms with Crippen molar-refractivity contribution in [2.45, 2.75) is 69.6 Å². The first kappa shape index (κ1) is 30.9. The summed E-state index contributed by atoms with van der Waals surface area (Å²) in [5, 5.41) is 1.14. The van der Waals surface area contributed by atoms with Crippen LogP contribution in [0, 0.1) is 11.3 Å². The molecule has 1 amide bonds. The Morgan fingerprint density at radius 2 is 1.53 bits per heavy atom. The Morgan fingerprint density at radius 1 is 0.884 bits per heavy atom. The predicted molar refractivity (Wildman–Crippen MR) is 172 cm³/mol. The average Bonchev–Trinajstić information content (AvgIpc) is 3.51. The number of hydrogen-bond acceptors (Lipinski definition) is 4. The monoisotopic (exact) mass is 629 g/mol. The maximum absolute atomic E-state index is 14.0. The lowest BCUT2D eigenvalue weighted by Gasteiger charge is -2.58. The Bertz CT molecular complexity index is 1290. The summed E-state index contributed by atoms with van der Waals surface area (Å²) in [6.45, 7) is 6.40. The number of methoxy groups -OCH3 is 3. The van der Waals surface area contributed by atoms with E-state index in [0.29, 0.717) is 51.4 Å². The molecular weight excluding hydrogens is 583 g/mol. The Balaban J connectivity index is 1.22. The molecule has 2 aromatic rings. The van der Waals surface area contributed by atoms with Crippen LogP contribution in [0.15, 0.2) is 30.3 Å². The molecule has 1 aliphatic carbocycles. The van der Waals surface area contributed by atoms with E-state index in [1.54, 1.807) is 33.5 Å². The van der Waals surface area contributed by atoms with E-state index in [0.717, 1.165) is 25.3 Å². The molecular formula is C35H47Cl2N2O4+. The summed E-state index contributed by atoms with van der Waals surface area (Å²) in [6, 6.07) is 9.58. The quantitative estimate of drug-likeness (QED) is 0.266. The van der Waals surface area contributed by atoms with E-state index in [4.69, 9.17) is 37.4 Å². The molecule has 0 N–H and O–H groups in total. The van der Waals surface area contributed by atoms with Crippen molar-refractivity contribution in [3.05, 3.63) is 51.5 Å². The van der Waals surface area contributed by atoms with Crippen molar-refractivity contribution in [1.82, 2.24) is 4.90 Å². The van der Waals surface area contributed by atoms with Gasteiger partial charge in [0.1, 0.15) is 0 Å². The Kier molecular flexibility index (Phi) is 8.85. The minimum Gasteiger partial charge on any atom is -0.493 e. The minimum atomic E-state index is -0.174. The topological polar surface area (TPSA) is 48.0 Å². The first-order chi connectivity index (χ1) is 20.8. The SMILES string of the molecule is COc1cc(C(=O)N2CCC(CC[N+]34CCC(C5CCCCC5)(CC3)CC4)(c3ccc(Cl)c(Cl)c3)C2)cc(OC)c1OC. The zero-order chi connectivity index (χ0) is 30.2. The summed E-state index contributed by atoms with van der Waals surface area (Å²) < 4.78 is 17.8. The fourth-order valence-corrected chi connectivity index (χ4v) is 9.34. The van der Waals surface area contributed by atoms with Gasteiger partial charge in [-0.1, -0.05) is 48.5 Å². The molecule has 2 aromatic carbocycles. The molecule has 0 radical (unpaired) electrons. The van der Waals surface area contributed by atoms with E-state index < -0.39 is 0 Å². The zero-order valence-electron chi connectivity index (χ0n) is 26.1. The van der Waals surface area contributed by atoms with Gasteiger partial charge in [0.2, 0.25) is 5.75 Å². The molecule has 6 nitrogen and oxygen atoms in total. The number of quaternary nitrogens is 1. The van der Waals surface area contributed by atoms with Crippen LogP contribution in [0.2, 0.25) is 10.0 Å². The second-order valence-electron chi connectivity index (χ2n) is 13.7. The van der Waals surface area contributed by atoms with Crippen LogP contribution in [0.5, 0.6) is 17.2 Å². The number of amides is 1. The standard InChI is InChI=1S/C35H47Cl2N2O4/c1-41-30-21-25(22-31(42-2)32(30)43-3)33(40)38-16-11-35(24-38,27-9-10-28(36)29(37)23-27)15-20-39-17-12-34(13-18-39,14-19-39)26-7-5-4-6-8-26/h9-10,21-23,26H,4-8,11-20,24H2,1-3H3/q+1. The Hall–Kier alpha value is -2.15. The molecule has 5 fully saturated rings.